The number of anilines is 1. The first-order valence-corrected chi connectivity index (χ1v) is 15.5. The van der Waals surface area contributed by atoms with Gasteiger partial charge in [-0.2, -0.15) is 0 Å². The van der Waals surface area contributed by atoms with Gasteiger partial charge < -0.3 is 42.4 Å². The summed E-state index contributed by atoms with van der Waals surface area (Å²) in [4.78, 5) is 81.5. The van der Waals surface area contributed by atoms with Crippen LogP contribution in [0.1, 0.15) is 49.7 Å². The van der Waals surface area contributed by atoms with Crippen molar-refractivity contribution in [2.24, 2.45) is 11.5 Å². The van der Waals surface area contributed by atoms with Crippen molar-refractivity contribution in [1.82, 2.24) is 16.0 Å². The molecule has 1 fully saturated rings. The molecule has 5 amide bonds. The minimum absolute atomic E-state index is 0.125. The molecule has 0 radical (unpaired) electrons. The summed E-state index contributed by atoms with van der Waals surface area (Å²) >= 11 is 0. The molecule has 1 aliphatic carbocycles. The number of alkyl carbamates (subject to hydrolysis) is 1. The second kappa shape index (κ2) is 15.4. The second-order valence-corrected chi connectivity index (χ2v) is 11.8. The van der Waals surface area contributed by atoms with Crippen molar-refractivity contribution >= 4 is 43.2 Å². The molecule has 3 rings (SSSR count). The van der Waals surface area contributed by atoms with Crippen LogP contribution in [0.2, 0.25) is 0 Å². The van der Waals surface area contributed by atoms with E-state index < -0.39 is 61.6 Å². The third kappa shape index (κ3) is 11.1. The number of phosphoric acid groups is 1. The van der Waals surface area contributed by atoms with Crippen LogP contribution < -0.4 is 37.7 Å². The summed E-state index contributed by atoms with van der Waals surface area (Å²) in [6.07, 6.45) is 0.706. The highest BCUT2D eigenvalue weighted by Crippen LogP contribution is 2.37. The Kier molecular flexibility index (Phi) is 11.9. The molecule has 0 bridgehead atoms. The molecule has 0 aromatic heterocycles. The maximum Gasteiger partial charge on any atom is 0.524 e. The first kappa shape index (κ1) is 34.8. The molecule has 0 heterocycles. The van der Waals surface area contributed by atoms with Crippen LogP contribution in [0.25, 0.3) is 0 Å². The van der Waals surface area contributed by atoms with Gasteiger partial charge in [0.1, 0.15) is 30.0 Å². The molecule has 16 nitrogen and oxygen atoms in total. The lowest BCUT2D eigenvalue weighted by Gasteiger charge is -2.38. The average molecular weight is 649 g/mol. The zero-order valence-electron chi connectivity index (χ0n) is 24.3. The lowest BCUT2D eigenvalue weighted by molar-refractivity contribution is -0.138. The number of carbonyl (C=O) groups excluding carboxylic acids is 5. The van der Waals surface area contributed by atoms with Gasteiger partial charge in [-0.25, -0.2) is 9.36 Å². The topological polar surface area (TPSA) is 275 Å². The van der Waals surface area contributed by atoms with E-state index in [1.54, 1.807) is 24.3 Å². The second-order valence-electron chi connectivity index (χ2n) is 10.7. The molecule has 0 saturated heterocycles. The van der Waals surface area contributed by atoms with Crippen molar-refractivity contribution in [2.45, 2.75) is 69.2 Å². The average Bonchev–Trinajstić information content (AvgIpc) is 2.95. The van der Waals surface area contributed by atoms with Gasteiger partial charge in [-0.05, 0) is 48.2 Å². The van der Waals surface area contributed by atoms with Crippen molar-refractivity contribution in [3.8, 4) is 5.75 Å². The van der Waals surface area contributed by atoms with Gasteiger partial charge in [0.25, 0.3) is 0 Å². The quantitative estimate of drug-likeness (QED) is 0.101. The van der Waals surface area contributed by atoms with E-state index in [-0.39, 0.29) is 31.6 Å². The van der Waals surface area contributed by atoms with Crippen LogP contribution in [0.15, 0.2) is 48.5 Å². The van der Waals surface area contributed by atoms with Crippen LogP contribution in [0.3, 0.4) is 0 Å². The molecule has 1 saturated carbocycles. The molecule has 1 aliphatic rings. The number of hydrogen-bond acceptors (Lipinski definition) is 9. The Bertz CT molecular complexity index is 1440. The van der Waals surface area contributed by atoms with Crippen LogP contribution in [-0.4, -0.2) is 57.1 Å². The zero-order chi connectivity index (χ0) is 33.2. The number of rotatable bonds is 14. The van der Waals surface area contributed by atoms with Gasteiger partial charge in [-0.1, -0.05) is 43.5 Å². The Hall–Kier alpha value is -4.66. The van der Waals surface area contributed by atoms with E-state index in [4.69, 9.17) is 31.7 Å². The third-order valence-corrected chi connectivity index (χ3v) is 7.52. The number of amides is 5. The number of nitrogens with two attached hydrogens (primary N) is 3. The van der Waals surface area contributed by atoms with E-state index >= 15 is 0 Å². The van der Waals surface area contributed by atoms with Crippen LogP contribution in [0, 0.1) is 0 Å². The van der Waals surface area contributed by atoms with Crippen LogP contribution in [-0.2, 0) is 41.5 Å². The molecular formula is C28H37N6O10P. The predicted octanol–water partition coefficient (Wildman–Crippen LogP) is 0.242. The fourth-order valence-corrected chi connectivity index (χ4v) is 5.29. The summed E-state index contributed by atoms with van der Waals surface area (Å²) in [7, 11) is -4.80. The van der Waals surface area contributed by atoms with Crippen molar-refractivity contribution in [1.29, 1.82) is 0 Å². The molecule has 17 heteroatoms. The van der Waals surface area contributed by atoms with E-state index in [0.29, 0.717) is 29.7 Å². The largest absolute Gasteiger partial charge is 0.524 e. The number of nitrogen functional groups attached to an aromatic ring is 1. The summed E-state index contributed by atoms with van der Waals surface area (Å²) in [5, 5.41) is 7.68. The Labute approximate surface area is 258 Å². The molecule has 0 aliphatic heterocycles. The van der Waals surface area contributed by atoms with Gasteiger partial charge in [0.05, 0.1) is 6.42 Å². The Morgan fingerprint density at radius 3 is 2.16 bits per heavy atom. The van der Waals surface area contributed by atoms with Gasteiger partial charge in [0.15, 0.2) is 0 Å². The zero-order valence-corrected chi connectivity index (χ0v) is 25.2. The molecule has 2 aromatic rings. The fourth-order valence-electron chi connectivity index (χ4n) is 4.89. The first-order chi connectivity index (χ1) is 21.2. The Balaban J connectivity index is 1.83. The maximum absolute atomic E-state index is 13.8. The van der Waals surface area contributed by atoms with Crippen molar-refractivity contribution in [2.75, 3.05) is 5.73 Å². The van der Waals surface area contributed by atoms with E-state index in [1.807, 2.05) is 0 Å². The summed E-state index contributed by atoms with van der Waals surface area (Å²) in [5.74, 6) is -3.45. The molecule has 244 valence electrons. The van der Waals surface area contributed by atoms with Gasteiger partial charge in [-0.15, -0.1) is 0 Å². The Morgan fingerprint density at radius 2 is 1.58 bits per heavy atom. The summed E-state index contributed by atoms with van der Waals surface area (Å²) in [5.41, 5.74) is 16.3. The number of benzene rings is 2. The van der Waals surface area contributed by atoms with E-state index in [9.17, 15) is 28.5 Å². The Morgan fingerprint density at radius 1 is 0.911 bits per heavy atom. The predicted molar refractivity (Wildman–Crippen MR) is 160 cm³/mol. The van der Waals surface area contributed by atoms with E-state index in [1.165, 1.54) is 24.3 Å². The summed E-state index contributed by atoms with van der Waals surface area (Å²) < 4.78 is 21.0. The molecule has 0 spiro atoms. The summed E-state index contributed by atoms with van der Waals surface area (Å²) in [6, 6.07) is 9.40. The minimum atomic E-state index is -4.80. The standard InChI is InChI=1S/C28H37N6O10P/c29-19-6-4-5-18(13-19)16-43-27(39)33-22(14-17-7-9-20(10-8-17)44-45(40,41)42)25(37)34-28(11-2-1-3-12-28)26(38)32-21(24(31)36)15-23(30)35/h4-10,13,21-22H,1-3,11-12,14-16,29H2,(H2,30,35)(H2,31,36)(H,32,38)(H,33,39)(H,34,37)(H2,40,41,42)/t21-,22-/m0/s1. The first-order valence-electron chi connectivity index (χ1n) is 14.0. The smallest absolute Gasteiger partial charge is 0.445 e. The van der Waals surface area contributed by atoms with Gasteiger partial charge in [0.2, 0.25) is 23.6 Å². The molecule has 11 N–H and O–H groups in total. The number of carbonyl (C=O) groups is 5. The van der Waals surface area contributed by atoms with Crippen LogP contribution in [0.5, 0.6) is 5.75 Å². The maximum atomic E-state index is 13.8. The lowest BCUT2D eigenvalue weighted by atomic mass is 9.80. The third-order valence-electron chi connectivity index (χ3n) is 7.08. The highest BCUT2D eigenvalue weighted by Gasteiger charge is 2.43. The number of nitrogens with one attached hydrogen (secondary N) is 3. The van der Waals surface area contributed by atoms with Crippen molar-refractivity contribution in [3.05, 3.63) is 59.7 Å². The molecule has 2 atom stereocenters. The lowest BCUT2D eigenvalue weighted by Crippen LogP contribution is -2.65. The van der Waals surface area contributed by atoms with Gasteiger partial charge in [0, 0.05) is 12.1 Å². The molecule has 45 heavy (non-hydrogen) atoms. The monoisotopic (exact) mass is 648 g/mol. The normalized spacial score (nSPS) is 15.5. The molecule has 0 unspecified atom stereocenters. The SMILES string of the molecule is NC(=O)C[C@H](NC(=O)C1(NC(=O)[C@H](Cc2ccc(OP(=O)(O)O)cc2)NC(=O)OCc2cccc(N)c2)CCCCC1)C(N)=O. The van der Waals surface area contributed by atoms with Crippen molar-refractivity contribution in [3.63, 3.8) is 0 Å². The van der Waals surface area contributed by atoms with Crippen LogP contribution >= 0.6 is 7.82 Å². The number of phosphoric ester groups is 1. The van der Waals surface area contributed by atoms with Gasteiger partial charge >= 0.3 is 13.9 Å². The van der Waals surface area contributed by atoms with E-state index in [2.05, 4.69) is 20.5 Å². The summed E-state index contributed by atoms with van der Waals surface area (Å²) in [6.45, 7) is -0.152. The molecular weight excluding hydrogens is 611 g/mol. The number of ether oxygens (including phenoxy) is 1. The van der Waals surface area contributed by atoms with Crippen molar-refractivity contribution < 1.29 is 47.6 Å². The van der Waals surface area contributed by atoms with E-state index in [0.717, 1.165) is 6.42 Å². The fraction of sp³-hybridized carbons (Fsp3) is 0.393. The van der Waals surface area contributed by atoms with Crippen LogP contribution in [0.4, 0.5) is 10.5 Å². The molecule has 2 aromatic carbocycles. The highest BCUT2D eigenvalue weighted by atomic mass is 31.2. The highest BCUT2D eigenvalue weighted by molar-refractivity contribution is 7.46. The number of primary amides is 2. The minimum Gasteiger partial charge on any atom is -0.445 e. The number of hydrogen-bond donors (Lipinski definition) is 8. The van der Waals surface area contributed by atoms with Gasteiger partial charge in [-0.3, -0.25) is 29.0 Å².